The van der Waals surface area contributed by atoms with Crippen molar-refractivity contribution >= 4 is 16.8 Å². The molecule has 0 fully saturated rings. The van der Waals surface area contributed by atoms with Gasteiger partial charge in [-0.2, -0.15) is 4.98 Å². The number of halogens is 1. The molecular weight excluding hydrogens is 433 g/mol. The Balaban J connectivity index is 1.97. The maximum absolute atomic E-state index is 13.5. The minimum atomic E-state index is -1.45. The maximum Gasteiger partial charge on any atom is 0.274 e. The lowest BCUT2D eigenvalue weighted by molar-refractivity contribution is 0.0489. The fourth-order valence-corrected chi connectivity index (χ4v) is 3.31. The molecule has 0 saturated carbocycles. The third-order valence-corrected chi connectivity index (χ3v) is 4.99. The van der Waals surface area contributed by atoms with Gasteiger partial charge in [0.25, 0.3) is 17.3 Å². The molecule has 0 aliphatic heterocycles. The summed E-state index contributed by atoms with van der Waals surface area (Å²) in [7, 11) is 3.02. The first-order chi connectivity index (χ1) is 15.5. The zero-order chi connectivity index (χ0) is 24.1. The van der Waals surface area contributed by atoms with Crippen molar-refractivity contribution in [1.82, 2.24) is 24.8 Å². The van der Waals surface area contributed by atoms with Crippen LogP contribution in [0.25, 0.3) is 22.2 Å². The smallest absolute Gasteiger partial charge is 0.274 e. The van der Waals surface area contributed by atoms with E-state index >= 15 is 0 Å². The molecule has 0 aliphatic rings. The molecule has 0 unspecified atom stereocenters. The first-order valence-electron chi connectivity index (χ1n) is 9.98. The number of aliphatic hydroxyl groups is 1. The summed E-state index contributed by atoms with van der Waals surface area (Å²) in [5, 5.41) is 13.4. The second kappa shape index (κ2) is 7.85. The zero-order valence-electron chi connectivity index (χ0n) is 18.6. The fraction of sp³-hybridized carbons (Fsp3) is 0.273. The third-order valence-electron chi connectivity index (χ3n) is 4.99. The number of nitrogens with zero attached hydrogens (tertiary/aromatic N) is 3. The molecule has 4 aromatic heterocycles. The summed E-state index contributed by atoms with van der Waals surface area (Å²) in [6.45, 7) is 4.60. The largest absolute Gasteiger partial charge is 0.433 e. The molecule has 11 heteroatoms. The summed E-state index contributed by atoms with van der Waals surface area (Å²) < 4.78 is 26.5. The summed E-state index contributed by atoms with van der Waals surface area (Å²) in [6, 6.07) is 2.77. The highest BCUT2D eigenvalue weighted by Gasteiger charge is 2.30. The summed E-state index contributed by atoms with van der Waals surface area (Å²) in [5.74, 6) is -0.828. The van der Waals surface area contributed by atoms with E-state index in [1.54, 1.807) is 14.0 Å². The van der Waals surface area contributed by atoms with Gasteiger partial charge in [0, 0.05) is 36.8 Å². The second-order valence-corrected chi connectivity index (χ2v) is 8.10. The highest BCUT2D eigenvalue weighted by molar-refractivity contribution is 6.02. The minimum Gasteiger partial charge on any atom is -0.433 e. The molecule has 4 aromatic rings. The summed E-state index contributed by atoms with van der Waals surface area (Å²) >= 11 is 0. The number of ether oxygens (including phenoxy) is 1. The fourth-order valence-electron chi connectivity index (χ4n) is 3.31. The number of hydrogen-bond acceptors (Lipinski definition) is 7. The highest BCUT2D eigenvalue weighted by Crippen LogP contribution is 2.39. The number of oxazole rings is 1. The lowest BCUT2D eigenvalue weighted by atomic mass is 10.1. The van der Waals surface area contributed by atoms with Crippen LogP contribution in [0.15, 0.2) is 33.7 Å². The topological polar surface area (TPSA) is 135 Å². The number of H-pyrrole nitrogens is 1. The molecule has 172 valence electrons. The van der Waals surface area contributed by atoms with E-state index in [9.17, 15) is 19.1 Å². The Bertz CT molecular complexity index is 1440. The number of pyridine rings is 2. The van der Waals surface area contributed by atoms with E-state index in [4.69, 9.17) is 9.15 Å². The number of aryl methyl sites for hydroxylation is 2. The molecule has 0 aromatic carbocycles. The molecule has 0 aliphatic carbocycles. The predicted octanol–water partition coefficient (Wildman–Crippen LogP) is 2.74. The van der Waals surface area contributed by atoms with Crippen LogP contribution in [-0.4, -0.2) is 37.6 Å². The molecular formula is C22H22FN5O5. The summed E-state index contributed by atoms with van der Waals surface area (Å²) in [6.07, 6.45) is 2.52. The van der Waals surface area contributed by atoms with Crippen LogP contribution in [0.5, 0.6) is 11.8 Å². The molecule has 0 bridgehead atoms. The summed E-state index contributed by atoms with van der Waals surface area (Å²) in [4.78, 5) is 35.9. The van der Waals surface area contributed by atoms with E-state index in [0.717, 1.165) is 6.20 Å². The number of carbonyl (C=O) groups excluding carboxylic acids is 1. The first-order valence-corrected chi connectivity index (χ1v) is 9.98. The van der Waals surface area contributed by atoms with Gasteiger partial charge >= 0.3 is 0 Å². The van der Waals surface area contributed by atoms with E-state index in [1.807, 2.05) is 0 Å². The van der Waals surface area contributed by atoms with Gasteiger partial charge in [-0.25, -0.2) is 9.37 Å². The normalized spacial score (nSPS) is 11.7. The van der Waals surface area contributed by atoms with Crippen molar-refractivity contribution in [3.05, 3.63) is 57.8 Å². The molecule has 0 radical (unpaired) electrons. The first kappa shape index (κ1) is 22.2. The monoisotopic (exact) mass is 455 g/mol. The van der Waals surface area contributed by atoms with E-state index in [1.165, 1.54) is 43.8 Å². The molecule has 4 rings (SSSR count). The Hall–Kier alpha value is -3.99. The van der Waals surface area contributed by atoms with Crippen molar-refractivity contribution in [1.29, 1.82) is 0 Å². The average Bonchev–Trinajstić information content (AvgIpc) is 3.37. The number of hydrogen-bond donors (Lipinski definition) is 3. The molecule has 1 amide bonds. The lowest BCUT2D eigenvalue weighted by Gasteiger charge is -2.11. The molecule has 10 nitrogen and oxygen atoms in total. The number of fused-ring (bicyclic) bond motifs is 1. The van der Waals surface area contributed by atoms with E-state index in [-0.39, 0.29) is 40.2 Å². The number of carbonyl (C=O) groups is 1. The number of amides is 1. The average molecular weight is 455 g/mol. The van der Waals surface area contributed by atoms with Gasteiger partial charge in [0.05, 0.1) is 6.20 Å². The standard InChI is InChI=1S/C22H22FN5O5/c1-10-6-11(23)8-25-18(10)33-19-16(32-21(27-19)22(2,3)31)13-9-28(5)20(30)15-12(13)7-14(26-15)17(29)24-4/h6-9,26,31H,1-5H3,(H,24,29). The Morgan fingerprint density at radius 1 is 1.33 bits per heavy atom. The summed E-state index contributed by atoms with van der Waals surface area (Å²) in [5.41, 5.74) is -0.647. The van der Waals surface area contributed by atoms with Crippen molar-refractivity contribution in [3.8, 4) is 23.1 Å². The van der Waals surface area contributed by atoms with Crippen molar-refractivity contribution < 1.29 is 23.4 Å². The SMILES string of the molecule is CNC(=O)c1cc2c(-c3oc(C(C)(C)O)nc3Oc3ncc(F)cc3C)cn(C)c(=O)c2[nH]1. The van der Waals surface area contributed by atoms with Crippen molar-refractivity contribution in [2.24, 2.45) is 7.05 Å². The Labute approximate surface area is 187 Å². The van der Waals surface area contributed by atoms with Gasteiger partial charge in [-0.15, -0.1) is 0 Å². The van der Waals surface area contributed by atoms with Crippen LogP contribution >= 0.6 is 0 Å². The molecule has 4 heterocycles. The molecule has 3 N–H and O–H groups in total. The van der Waals surface area contributed by atoms with Gasteiger partial charge in [-0.1, -0.05) is 0 Å². The van der Waals surface area contributed by atoms with Crippen molar-refractivity contribution in [2.45, 2.75) is 26.4 Å². The van der Waals surface area contributed by atoms with Gasteiger partial charge in [0.15, 0.2) is 0 Å². The van der Waals surface area contributed by atoms with Gasteiger partial charge in [-0.05, 0) is 32.9 Å². The Morgan fingerprint density at radius 2 is 2.06 bits per heavy atom. The second-order valence-electron chi connectivity index (χ2n) is 8.10. The molecule has 33 heavy (non-hydrogen) atoms. The van der Waals surface area contributed by atoms with Gasteiger partial charge in [-0.3, -0.25) is 9.59 Å². The van der Waals surface area contributed by atoms with Crippen LogP contribution in [0.4, 0.5) is 4.39 Å². The van der Waals surface area contributed by atoms with Crippen LogP contribution < -0.4 is 15.6 Å². The number of rotatable bonds is 5. The maximum atomic E-state index is 13.5. The van der Waals surface area contributed by atoms with E-state index in [2.05, 4.69) is 20.3 Å². The zero-order valence-corrected chi connectivity index (χ0v) is 18.6. The van der Waals surface area contributed by atoms with Crippen LogP contribution in [0.3, 0.4) is 0 Å². The van der Waals surface area contributed by atoms with Gasteiger partial charge in [0.1, 0.15) is 22.6 Å². The third kappa shape index (κ3) is 3.98. The quantitative estimate of drug-likeness (QED) is 0.421. The number of nitrogens with one attached hydrogen (secondary N) is 2. The predicted molar refractivity (Wildman–Crippen MR) is 117 cm³/mol. The van der Waals surface area contributed by atoms with E-state index in [0.29, 0.717) is 16.5 Å². The molecule has 0 saturated heterocycles. The van der Waals surface area contributed by atoms with Crippen LogP contribution in [-0.2, 0) is 12.6 Å². The Kier molecular flexibility index (Phi) is 5.29. The van der Waals surface area contributed by atoms with E-state index < -0.39 is 17.3 Å². The van der Waals surface area contributed by atoms with Gasteiger partial charge in [0.2, 0.25) is 17.5 Å². The van der Waals surface area contributed by atoms with Crippen LogP contribution in [0, 0.1) is 12.7 Å². The van der Waals surface area contributed by atoms with Crippen molar-refractivity contribution in [3.63, 3.8) is 0 Å². The van der Waals surface area contributed by atoms with Gasteiger partial charge < -0.3 is 29.1 Å². The lowest BCUT2D eigenvalue weighted by Crippen LogP contribution is -2.19. The van der Waals surface area contributed by atoms with Crippen LogP contribution in [0.1, 0.15) is 35.8 Å². The number of aromatic nitrogens is 4. The molecule has 0 spiro atoms. The van der Waals surface area contributed by atoms with Crippen molar-refractivity contribution in [2.75, 3.05) is 7.05 Å². The highest BCUT2D eigenvalue weighted by atomic mass is 19.1. The Morgan fingerprint density at radius 3 is 2.70 bits per heavy atom. The molecule has 0 atom stereocenters. The number of aromatic amines is 1. The minimum absolute atomic E-state index is 0.0445. The van der Waals surface area contributed by atoms with Crippen LogP contribution in [0.2, 0.25) is 0 Å².